The van der Waals surface area contributed by atoms with Crippen molar-refractivity contribution in [3.05, 3.63) is 93.8 Å². The van der Waals surface area contributed by atoms with E-state index < -0.39 is 33.2 Å². The van der Waals surface area contributed by atoms with Crippen LogP contribution in [0.5, 0.6) is 0 Å². The molecular weight excluding hydrogens is 529 g/mol. The van der Waals surface area contributed by atoms with Crippen LogP contribution in [0.3, 0.4) is 0 Å². The second-order valence-corrected chi connectivity index (χ2v) is 10.6. The summed E-state index contributed by atoms with van der Waals surface area (Å²) in [4.78, 5) is 25.4. The van der Waals surface area contributed by atoms with Gasteiger partial charge in [-0.3, -0.25) is 19.2 Å². The number of aryl methyl sites for hydroxylation is 1. The van der Waals surface area contributed by atoms with Crippen LogP contribution in [0.25, 0.3) is 0 Å². The minimum atomic E-state index is -4.23. The van der Waals surface area contributed by atoms with E-state index in [0.717, 1.165) is 34.1 Å². The number of anilines is 2. The zero-order valence-corrected chi connectivity index (χ0v) is 21.8. The average Bonchev–Trinajstić information content (AvgIpc) is 2.93. The fourth-order valence-electron chi connectivity index (χ4n) is 3.95. The summed E-state index contributed by atoms with van der Waals surface area (Å²) in [5.74, 6) is -1.35. The first-order valence-electron chi connectivity index (χ1n) is 11.9. The average molecular weight is 556 g/mol. The molecule has 1 fully saturated rings. The molecule has 204 valence electrons. The summed E-state index contributed by atoms with van der Waals surface area (Å²) >= 11 is 0. The Labute approximate surface area is 224 Å². The van der Waals surface area contributed by atoms with Gasteiger partial charge in [0.25, 0.3) is 21.6 Å². The van der Waals surface area contributed by atoms with Crippen LogP contribution in [0.2, 0.25) is 0 Å². The molecule has 1 N–H and O–H groups in total. The minimum absolute atomic E-state index is 0.143. The number of nitro groups is 1. The standard InChI is InChI=1S/C26H26FN5O6S/c1-19-2-6-22(7-3-19)31(39(36,37)24-9-4-21(27)5-10-24)18-26(33)29-28-17-20-16-23(32(34)35)8-11-25(20)30-12-14-38-15-13-30/h2-11,16-17H,12-15,18H2,1H3,(H,29,33)/b28-17-. The Bertz CT molecular complexity index is 1470. The number of carbonyl (C=O) groups is 1. The number of hydrazone groups is 1. The maximum atomic E-state index is 13.4. The van der Waals surface area contributed by atoms with E-state index in [1.165, 1.54) is 18.3 Å². The Morgan fingerprint density at radius 3 is 2.44 bits per heavy atom. The molecule has 1 amide bonds. The molecule has 0 spiro atoms. The first-order valence-corrected chi connectivity index (χ1v) is 13.4. The van der Waals surface area contributed by atoms with Gasteiger partial charge in [0.1, 0.15) is 12.4 Å². The molecule has 0 aromatic heterocycles. The van der Waals surface area contributed by atoms with Crippen LogP contribution in [0.4, 0.5) is 21.5 Å². The monoisotopic (exact) mass is 555 g/mol. The van der Waals surface area contributed by atoms with Gasteiger partial charge in [-0.05, 0) is 49.4 Å². The largest absolute Gasteiger partial charge is 0.378 e. The number of halogens is 1. The van der Waals surface area contributed by atoms with Crippen LogP contribution in [0.1, 0.15) is 11.1 Å². The zero-order chi connectivity index (χ0) is 28.0. The number of sulfonamides is 1. The molecule has 0 bridgehead atoms. The molecule has 0 aliphatic carbocycles. The van der Waals surface area contributed by atoms with Gasteiger partial charge in [-0.2, -0.15) is 5.10 Å². The molecule has 39 heavy (non-hydrogen) atoms. The third-order valence-electron chi connectivity index (χ3n) is 5.98. The van der Waals surface area contributed by atoms with E-state index in [2.05, 4.69) is 10.5 Å². The van der Waals surface area contributed by atoms with Gasteiger partial charge in [0, 0.05) is 36.5 Å². The van der Waals surface area contributed by atoms with Crippen LogP contribution in [-0.2, 0) is 19.6 Å². The predicted molar refractivity (Wildman–Crippen MR) is 144 cm³/mol. The van der Waals surface area contributed by atoms with E-state index >= 15 is 0 Å². The summed E-state index contributed by atoms with van der Waals surface area (Å²) in [5.41, 5.74) is 4.37. The smallest absolute Gasteiger partial charge is 0.270 e. The van der Waals surface area contributed by atoms with Gasteiger partial charge in [-0.15, -0.1) is 0 Å². The fraction of sp³-hybridized carbons (Fsp3) is 0.231. The maximum Gasteiger partial charge on any atom is 0.270 e. The number of nitro benzene ring substituents is 1. The second-order valence-electron chi connectivity index (χ2n) is 8.69. The van der Waals surface area contributed by atoms with Crippen LogP contribution >= 0.6 is 0 Å². The second kappa shape index (κ2) is 12.0. The highest BCUT2D eigenvalue weighted by Crippen LogP contribution is 2.26. The van der Waals surface area contributed by atoms with Crippen LogP contribution in [0.15, 0.2) is 76.7 Å². The van der Waals surface area contributed by atoms with E-state index in [-0.39, 0.29) is 16.3 Å². The number of ether oxygens (including phenoxy) is 1. The van der Waals surface area contributed by atoms with Crippen molar-refractivity contribution >= 4 is 39.2 Å². The highest BCUT2D eigenvalue weighted by Gasteiger charge is 2.27. The number of amides is 1. The Balaban J connectivity index is 1.57. The van der Waals surface area contributed by atoms with Crippen molar-refractivity contribution in [1.29, 1.82) is 0 Å². The van der Waals surface area contributed by atoms with Crippen molar-refractivity contribution in [2.75, 3.05) is 42.1 Å². The van der Waals surface area contributed by atoms with Crippen molar-refractivity contribution in [3.8, 4) is 0 Å². The number of hydrogen-bond acceptors (Lipinski definition) is 8. The van der Waals surface area contributed by atoms with E-state index in [4.69, 9.17) is 4.74 Å². The highest BCUT2D eigenvalue weighted by molar-refractivity contribution is 7.92. The number of benzene rings is 3. The molecule has 0 atom stereocenters. The molecule has 0 radical (unpaired) electrons. The van der Waals surface area contributed by atoms with Gasteiger partial charge < -0.3 is 9.64 Å². The van der Waals surface area contributed by atoms with E-state index in [0.29, 0.717) is 37.6 Å². The molecule has 1 heterocycles. The molecule has 3 aromatic carbocycles. The van der Waals surface area contributed by atoms with Gasteiger partial charge in [-0.25, -0.2) is 18.2 Å². The summed E-state index contributed by atoms with van der Waals surface area (Å²) in [6, 6.07) is 15.2. The summed E-state index contributed by atoms with van der Waals surface area (Å²) < 4.78 is 46.5. The molecule has 3 aromatic rings. The van der Waals surface area contributed by atoms with Gasteiger partial charge in [0.05, 0.1) is 34.9 Å². The van der Waals surface area contributed by atoms with Crippen LogP contribution < -0.4 is 14.6 Å². The van der Waals surface area contributed by atoms with Gasteiger partial charge in [0.2, 0.25) is 0 Å². The molecule has 13 heteroatoms. The molecule has 4 rings (SSSR count). The number of hydrogen-bond donors (Lipinski definition) is 1. The Kier molecular flexibility index (Phi) is 8.52. The van der Waals surface area contributed by atoms with Crippen molar-refractivity contribution in [3.63, 3.8) is 0 Å². The Morgan fingerprint density at radius 1 is 1.13 bits per heavy atom. The van der Waals surface area contributed by atoms with Gasteiger partial charge in [-0.1, -0.05) is 17.7 Å². The normalized spacial score (nSPS) is 13.8. The lowest BCUT2D eigenvalue weighted by molar-refractivity contribution is -0.384. The summed E-state index contributed by atoms with van der Waals surface area (Å²) in [5, 5.41) is 15.3. The first-order chi connectivity index (χ1) is 18.6. The Morgan fingerprint density at radius 2 is 1.79 bits per heavy atom. The van der Waals surface area contributed by atoms with Gasteiger partial charge in [0.15, 0.2) is 0 Å². The highest BCUT2D eigenvalue weighted by atomic mass is 32.2. The van der Waals surface area contributed by atoms with E-state index in [1.54, 1.807) is 30.3 Å². The summed E-state index contributed by atoms with van der Waals surface area (Å²) in [6.45, 7) is 3.38. The van der Waals surface area contributed by atoms with Crippen molar-refractivity contribution in [2.45, 2.75) is 11.8 Å². The molecule has 0 unspecified atom stereocenters. The molecule has 1 saturated heterocycles. The third kappa shape index (κ3) is 6.75. The quantitative estimate of drug-likeness (QED) is 0.243. The SMILES string of the molecule is Cc1ccc(N(CC(=O)N/N=C\c2cc([N+](=O)[O-])ccc2N2CCOCC2)S(=O)(=O)c2ccc(F)cc2)cc1. The van der Waals surface area contributed by atoms with Crippen molar-refractivity contribution in [1.82, 2.24) is 5.43 Å². The first kappa shape index (κ1) is 27.7. The zero-order valence-electron chi connectivity index (χ0n) is 21.0. The van der Waals surface area contributed by atoms with Crippen molar-refractivity contribution < 1.29 is 27.3 Å². The number of rotatable bonds is 9. The lowest BCUT2D eigenvalue weighted by Crippen LogP contribution is -2.39. The van der Waals surface area contributed by atoms with Crippen LogP contribution in [-0.4, -0.2) is 58.3 Å². The number of non-ortho nitro benzene ring substituents is 1. The molecule has 0 saturated carbocycles. The number of nitrogens with one attached hydrogen (secondary N) is 1. The lowest BCUT2D eigenvalue weighted by Gasteiger charge is -2.29. The topological polar surface area (TPSA) is 134 Å². The van der Waals surface area contributed by atoms with E-state index in [1.807, 2.05) is 11.8 Å². The molecule has 11 nitrogen and oxygen atoms in total. The number of nitrogens with zero attached hydrogens (tertiary/aromatic N) is 4. The minimum Gasteiger partial charge on any atom is -0.378 e. The lowest BCUT2D eigenvalue weighted by atomic mass is 10.1. The molecule has 1 aliphatic rings. The number of morpholine rings is 1. The fourth-order valence-corrected chi connectivity index (χ4v) is 5.37. The van der Waals surface area contributed by atoms with Gasteiger partial charge >= 0.3 is 0 Å². The predicted octanol–water partition coefficient (Wildman–Crippen LogP) is 3.22. The van der Waals surface area contributed by atoms with Crippen LogP contribution in [0, 0.1) is 22.9 Å². The maximum absolute atomic E-state index is 13.4. The number of carbonyl (C=O) groups excluding carboxylic acids is 1. The van der Waals surface area contributed by atoms with Crippen molar-refractivity contribution in [2.24, 2.45) is 5.10 Å². The molecular formula is C26H26FN5O6S. The summed E-state index contributed by atoms with van der Waals surface area (Å²) in [7, 11) is -4.23. The molecule has 1 aliphatic heterocycles. The third-order valence-corrected chi connectivity index (χ3v) is 7.77. The summed E-state index contributed by atoms with van der Waals surface area (Å²) in [6.07, 6.45) is 1.28. The Hall–Kier alpha value is -4.36. The van der Waals surface area contributed by atoms with E-state index in [9.17, 15) is 27.7 Å².